The first kappa shape index (κ1) is 16.3. The number of thioether (sulfide) groups is 1. The van der Waals surface area contributed by atoms with Crippen LogP contribution in [-0.2, 0) is 4.43 Å². The standard InChI is InChI=1S/C18H24OSSi/c1-21(2,3)19-14-17(16-10-6-4-7-11-16)15-20-18-12-8-5-9-13-18/h4-13,17H,14-15H2,1-3H3/t17-/m1/s1. The van der Waals surface area contributed by atoms with E-state index in [1.54, 1.807) is 0 Å². The second kappa shape index (κ2) is 7.83. The van der Waals surface area contributed by atoms with Crippen LogP contribution in [0.15, 0.2) is 65.6 Å². The van der Waals surface area contributed by atoms with E-state index < -0.39 is 8.32 Å². The smallest absolute Gasteiger partial charge is 0.183 e. The summed E-state index contributed by atoms with van der Waals surface area (Å²) >= 11 is 1.91. The molecule has 0 spiro atoms. The average Bonchev–Trinajstić information content (AvgIpc) is 2.48. The first-order chi connectivity index (χ1) is 10.0. The zero-order valence-electron chi connectivity index (χ0n) is 13.1. The Kier molecular flexibility index (Phi) is 6.09. The minimum Gasteiger partial charge on any atom is -0.417 e. The van der Waals surface area contributed by atoms with Gasteiger partial charge in [-0.25, -0.2) is 0 Å². The van der Waals surface area contributed by atoms with Crippen molar-refractivity contribution < 1.29 is 4.43 Å². The minimum atomic E-state index is -1.47. The van der Waals surface area contributed by atoms with Crippen LogP contribution in [0.1, 0.15) is 11.5 Å². The van der Waals surface area contributed by atoms with Crippen molar-refractivity contribution in [2.24, 2.45) is 0 Å². The SMILES string of the molecule is C[Si](C)(C)OC[C@H](CSc1ccccc1)c1ccccc1. The summed E-state index contributed by atoms with van der Waals surface area (Å²) in [6.45, 7) is 7.57. The summed E-state index contributed by atoms with van der Waals surface area (Å²) < 4.78 is 6.16. The molecule has 0 aromatic heterocycles. The molecule has 2 rings (SSSR count). The van der Waals surface area contributed by atoms with Crippen LogP contribution >= 0.6 is 11.8 Å². The monoisotopic (exact) mass is 316 g/mol. The summed E-state index contributed by atoms with van der Waals surface area (Å²) in [5.41, 5.74) is 1.37. The van der Waals surface area contributed by atoms with Crippen LogP contribution in [0.4, 0.5) is 0 Å². The number of rotatable bonds is 7. The molecule has 0 amide bonds. The highest BCUT2D eigenvalue weighted by Gasteiger charge is 2.19. The lowest BCUT2D eigenvalue weighted by Crippen LogP contribution is -2.28. The molecule has 1 atom stereocenters. The Balaban J connectivity index is 2.02. The number of hydrogen-bond acceptors (Lipinski definition) is 2. The van der Waals surface area contributed by atoms with Crippen molar-refractivity contribution in [1.82, 2.24) is 0 Å². The zero-order valence-corrected chi connectivity index (χ0v) is 14.9. The van der Waals surface area contributed by atoms with Crippen LogP contribution in [-0.4, -0.2) is 20.7 Å². The summed E-state index contributed by atoms with van der Waals surface area (Å²) in [5, 5.41) is 0. The van der Waals surface area contributed by atoms with E-state index in [4.69, 9.17) is 4.43 Å². The highest BCUT2D eigenvalue weighted by molar-refractivity contribution is 7.99. The maximum Gasteiger partial charge on any atom is 0.183 e. The van der Waals surface area contributed by atoms with E-state index >= 15 is 0 Å². The van der Waals surface area contributed by atoms with Gasteiger partial charge in [0.25, 0.3) is 0 Å². The predicted molar refractivity (Wildman–Crippen MR) is 95.6 cm³/mol. The second-order valence-corrected chi connectivity index (χ2v) is 11.8. The maximum atomic E-state index is 6.16. The fraction of sp³-hybridized carbons (Fsp3) is 0.333. The third-order valence-electron chi connectivity index (χ3n) is 3.18. The molecule has 0 saturated carbocycles. The largest absolute Gasteiger partial charge is 0.417 e. The molecule has 0 unspecified atom stereocenters. The lowest BCUT2D eigenvalue weighted by Gasteiger charge is -2.23. The van der Waals surface area contributed by atoms with Gasteiger partial charge in [0.2, 0.25) is 0 Å². The van der Waals surface area contributed by atoms with Gasteiger partial charge in [0.1, 0.15) is 0 Å². The normalized spacial score (nSPS) is 13.1. The first-order valence-electron chi connectivity index (χ1n) is 7.41. The maximum absolute atomic E-state index is 6.16. The van der Waals surface area contributed by atoms with Gasteiger partial charge >= 0.3 is 0 Å². The van der Waals surface area contributed by atoms with Crippen LogP contribution in [0.25, 0.3) is 0 Å². The van der Waals surface area contributed by atoms with Crippen molar-refractivity contribution in [3.8, 4) is 0 Å². The van der Waals surface area contributed by atoms with E-state index in [-0.39, 0.29) is 0 Å². The highest BCUT2D eigenvalue weighted by Crippen LogP contribution is 2.27. The highest BCUT2D eigenvalue weighted by atomic mass is 32.2. The third kappa shape index (κ3) is 6.08. The second-order valence-electron chi connectivity index (χ2n) is 6.16. The fourth-order valence-corrected chi connectivity index (χ4v) is 3.76. The summed E-state index contributed by atoms with van der Waals surface area (Å²) in [6, 6.07) is 21.3. The van der Waals surface area contributed by atoms with E-state index in [1.165, 1.54) is 10.5 Å². The summed E-state index contributed by atoms with van der Waals surface area (Å²) in [7, 11) is -1.47. The number of benzene rings is 2. The van der Waals surface area contributed by atoms with Crippen molar-refractivity contribution in [1.29, 1.82) is 0 Å². The molecule has 21 heavy (non-hydrogen) atoms. The molecule has 0 radical (unpaired) electrons. The summed E-state index contributed by atoms with van der Waals surface area (Å²) in [5.74, 6) is 1.50. The molecular weight excluding hydrogens is 292 g/mol. The first-order valence-corrected chi connectivity index (χ1v) is 11.8. The molecule has 2 aromatic rings. The Bertz CT molecular complexity index is 522. The summed E-state index contributed by atoms with van der Waals surface area (Å²) in [4.78, 5) is 1.33. The predicted octanol–water partition coefficient (Wildman–Crippen LogP) is 5.41. The van der Waals surface area contributed by atoms with Crippen LogP contribution in [0, 0.1) is 0 Å². The van der Waals surface area contributed by atoms with Crippen molar-refractivity contribution in [3.05, 3.63) is 66.2 Å². The summed E-state index contributed by atoms with van der Waals surface area (Å²) in [6.07, 6.45) is 0. The Morgan fingerprint density at radius 2 is 1.48 bits per heavy atom. The molecule has 0 N–H and O–H groups in total. The van der Waals surface area contributed by atoms with Gasteiger partial charge in [-0.05, 0) is 37.3 Å². The minimum absolute atomic E-state index is 0.447. The quantitative estimate of drug-likeness (QED) is 0.498. The molecule has 0 aliphatic rings. The van der Waals surface area contributed by atoms with Crippen LogP contribution in [0.2, 0.25) is 19.6 Å². The molecule has 3 heteroatoms. The van der Waals surface area contributed by atoms with Gasteiger partial charge in [-0.1, -0.05) is 48.5 Å². The molecule has 1 nitrogen and oxygen atoms in total. The van der Waals surface area contributed by atoms with Crippen LogP contribution in [0.3, 0.4) is 0 Å². The van der Waals surface area contributed by atoms with Gasteiger partial charge in [-0.15, -0.1) is 11.8 Å². The van der Waals surface area contributed by atoms with Gasteiger partial charge in [0, 0.05) is 23.2 Å². The molecule has 0 fully saturated rings. The van der Waals surface area contributed by atoms with E-state index in [0.717, 1.165) is 12.4 Å². The van der Waals surface area contributed by atoms with E-state index in [0.29, 0.717) is 5.92 Å². The Morgan fingerprint density at radius 1 is 0.905 bits per heavy atom. The van der Waals surface area contributed by atoms with Crippen molar-refractivity contribution in [2.45, 2.75) is 30.5 Å². The molecule has 0 bridgehead atoms. The average molecular weight is 317 g/mol. The lowest BCUT2D eigenvalue weighted by atomic mass is 10.0. The Hall–Kier alpha value is -1.03. The molecule has 0 aliphatic carbocycles. The van der Waals surface area contributed by atoms with Crippen molar-refractivity contribution in [3.63, 3.8) is 0 Å². The molecule has 112 valence electrons. The van der Waals surface area contributed by atoms with Crippen LogP contribution < -0.4 is 0 Å². The van der Waals surface area contributed by atoms with Crippen molar-refractivity contribution >= 4 is 20.1 Å². The van der Waals surface area contributed by atoms with E-state index in [9.17, 15) is 0 Å². The molecule has 0 aliphatic heterocycles. The van der Waals surface area contributed by atoms with Crippen molar-refractivity contribution in [2.75, 3.05) is 12.4 Å². The fourth-order valence-electron chi connectivity index (χ4n) is 2.03. The van der Waals surface area contributed by atoms with Gasteiger partial charge in [-0.2, -0.15) is 0 Å². The van der Waals surface area contributed by atoms with Crippen LogP contribution in [0.5, 0.6) is 0 Å². The van der Waals surface area contributed by atoms with E-state index in [2.05, 4.69) is 80.3 Å². The Morgan fingerprint density at radius 3 is 2.05 bits per heavy atom. The number of hydrogen-bond donors (Lipinski definition) is 0. The third-order valence-corrected chi connectivity index (χ3v) is 5.39. The molecular formula is C18H24OSSi. The lowest BCUT2D eigenvalue weighted by molar-refractivity contribution is 0.291. The van der Waals surface area contributed by atoms with Gasteiger partial charge < -0.3 is 4.43 Å². The van der Waals surface area contributed by atoms with E-state index in [1.807, 2.05) is 11.8 Å². The Labute approximate surface area is 133 Å². The molecule has 0 saturated heterocycles. The van der Waals surface area contributed by atoms with Gasteiger partial charge in [0.15, 0.2) is 8.32 Å². The topological polar surface area (TPSA) is 9.23 Å². The van der Waals surface area contributed by atoms with Gasteiger partial charge in [0.05, 0.1) is 0 Å². The van der Waals surface area contributed by atoms with Gasteiger partial charge in [-0.3, -0.25) is 0 Å². The zero-order chi connectivity index (χ0) is 15.1. The molecule has 2 aromatic carbocycles. The molecule has 0 heterocycles.